The Bertz CT molecular complexity index is 952. The Hall–Kier alpha value is -2.92. The van der Waals surface area contributed by atoms with Crippen molar-refractivity contribution in [2.45, 2.75) is 44.8 Å². The van der Waals surface area contributed by atoms with Crippen LogP contribution in [-0.2, 0) is 9.59 Å². The van der Waals surface area contributed by atoms with E-state index in [2.05, 4.69) is 22.9 Å². The molecule has 0 radical (unpaired) electrons. The molecule has 0 saturated carbocycles. The first kappa shape index (κ1) is 19.4. The molecule has 8 heteroatoms. The molecule has 0 aliphatic carbocycles. The highest BCUT2D eigenvalue weighted by molar-refractivity contribution is 6.00. The van der Waals surface area contributed by atoms with E-state index in [0.717, 1.165) is 24.6 Å². The van der Waals surface area contributed by atoms with Crippen molar-refractivity contribution in [2.24, 2.45) is 5.92 Å². The number of rotatable bonds is 3. The Morgan fingerprint density at radius 2 is 2.24 bits per heavy atom. The lowest BCUT2D eigenvalue weighted by molar-refractivity contribution is -0.124. The van der Waals surface area contributed by atoms with Crippen LogP contribution in [0.2, 0.25) is 0 Å². The topological polar surface area (TPSA) is 103 Å². The van der Waals surface area contributed by atoms with Gasteiger partial charge in [0.05, 0.1) is 29.7 Å². The maximum absolute atomic E-state index is 14.4. The minimum atomic E-state index is -0.652. The molecule has 2 amide bonds. The molecule has 1 aromatic rings. The van der Waals surface area contributed by atoms with Crippen LogP contribution in [0, 0.1) is 23.1 Å². The number of halogens is 1. The lowest BCUT2D eigenvalue weighted by atomic mass is 9.76. The van der Waals surface area contributed by atoms with Gasteiger partial charge in [0.2, 0.25) is 11.8 Å². The maximum atomic E-state index is 14.4. The molecule has 0 spiro atoms. The number of carbonyl (C=O) groups is 2. The van der Waals surface area contributed by atoms with E-state index in [9.17, 15) is 14.0 Å². The number of benzene rings is 1. The lowest BCUT2D eigenvalue weighted by Crippen LogP contribution is -2.57. The Labute approximate surface area is 168 Å². The third-order valence-electron chi connectivity index (χ3n) is 6.11. The van der Waals surface area contributed by atoms with Crippen molar-refractivity contribution in [3.05, 3.63) is 40.2 Å². The third-order valence-corrected chi connectivity index (χ3v) is 6.11. The fourth-order valence-corrected chi connectivity index (χ4v) is 4.71. The van der Waals surface area contributed by atoms with Crippen LogP contribution in [0.5, 0.6) is 5.75 Å². The Morgan fingerprint density at radius 1 is 1.45 bits per heavy atom. The van der Waals surface area contributed by atoms with Gasteiger partial charge in [0.25, 0.3) is 0 Å². The molecule has 4 rings (SSSR count). The summed E-state index contributed by atoms with van der Waals surface area (Å²) in [6.07, 6.45) is 0.787. The van der Waals surface area contributed by atoms with Gasteiger partial charge >= 0.3 is 0 Å². The van der Waals surface area contributed by atoms with E-state index in [4.69, 9.17) is 10.00 Å². The van der Waals surface area contributed by atoms with Crippen LogP contribution in [0.15, 0.2) is 23.3 Å². The van der Waals surface area contributed by atoms with E-state index in [1.54, 1.807) is 0 Å². The van der Waals surface area contributed by atoms with Gasteiger partial charge in [0, 0.05) is 23.6 Å². The molecule has 3 unspecified atom stereocenters. The summed E-state index contributed by atoms with van der Waals surface area (Å²) in [4.78, 5) is 25.3. The fraction of sp³-hybridized carbons (Fsp3) is 0.476. The summed E-state index contributed by atoms with van der Waals surface area (Å²) in [5.74, 6) is -0.739. The van der Waals surface area contributed by atoms with Crippen molar-refractivity contribution in [1.82, 2.24) is 16.0 Å². The van der Waals surface area contributed by atoms with Gasteiger partial charge < -0.3 is 20.7 Å². The minimum Gasteiger partial charge on any atom is -0.491 e. The van der Waals surface area contributed by atoms with Crippen LogP contribution in [0.1, 0.15) is 43.9 Å². The minimum absolute atomic E-state index is 0.0721. The highest BCUT2D eigenvalue weighted by Crippen LogP contribution is 2.36. The van der Waals surface area contributed by atoms with E-state index in [1.807, 2.05) is 13.0 Å². The Morgan fingerprint density at radius 3 is 3.00 bits per heavy atom. The number of fused-ring (bicyclic) bond motifs is 2. The van der Waals surface area contributed by atoms with E-state index in [0.29, 0.717) is 5.57 Å². The second-order valence-electron chi connectivity index (χ2n) is 7.89. The molecule has 29 heavy (non-hydrogen) atoms. The van der Waals surface area contributed by atoms with Gasteiger partial charge in [0.1, 0.15) is 18.2 Å². The molecule has 3 aliphatic heterocycles. The van der Waals surface area contributed by atoms with Gasteiger partial charge in [-0.25, -0.2) is 4.39 Å². The van der Waals surface area contributed by atoms with Gasteiger partial charge in [-0.05, 0) is 38.9 Å². The zero-order valence-electron chi connectivity index (χ0n) is 16.3. The summed E-state index contributed by atoms with van der Waals surface area (Å²) in [6, 6.07) is 4.12. The zero-order chi connectivity index (χ0) is 20.7. The molecule has 0 bridgehead atoms. The first-order chi connectivity index (χ1) is 13.9. The number of piperidine rings is 1. The van der Waals surface area contributed by atoms with Crippen LogP contribution < -0.4 is 20.7 Å². The van der Waals surface area contributed by atoms with E-state index in [1.165, 1.54) is 6.07 Å². The van der Waals surface area contributed by atoms with Crippen LogP contribution in [0.3, 0.4) is 0 Å². The van der Waals surface area contributed by atoms with Crippen LogP contribution in [0.4, 0.5) is 4.39 Å². The molecule has 3 N–H and O–H groups in total. The van der Waals surface area contributed by atoms with E-state index >= 15 is 0 Å². The van der Waals surface area contributed by atoms with Gasteiger partial charge in [0.15, 0.2) is 0 Å². The summed E-state index contributed by atoms with van der Waals surface area (Å²) >= 11 is 0. The summed E-state index contributed by atoms with van der Waals surface area (Å²) in [6.45, 7) is 4.94. The molecule has 0 aromatic heterocycles. The summed E-state index contributed by atoms with van der Waals surface area (Å²) in [5.41, 5.74) is 1.80. The second-order valence-corrected chi connectivity index (χ2v) is 7.89. The van der Waals surface area contributed by atoms with Gasteiger partial charge in [-0.1, -0.05) is 5.57 Å². The molecule has 1 aromatic carbocycles. The van der Waals surface area contributed by atoms with E-state index in [-0.39, 0.29) is 59.7 Å². The normalized spacial score (nSPS) is 28.0. The number of nitrogens with one attached hydrogen (secondary N) is 3. The quantitative estimate of drug-likeness (QED) is 0.715. The molecule has 4 atom stereocenters. The predicted octanol–water partition coefficient (Wildman–Crippen LogP) is 1.45. The first-order valence-electron chi connectivity index (χ1n) is 9.78. The van der Waals surface area contributed by atoms with Crippen LogP contribution in [-0.4, -0.2) is 37.0 Å². The molecular formula is C21H23FN4O3. The lowest BCUT2D eigenvalue weighted by Gasteiger charge is -2.42. The number of hydrogen-bond donors (Lipinski definition) is 3. The molecule has 1 saturated heterocycles. The van der Waals surface area contributed by atoms with Gasteiger partial charge in [-0.3, -0.25) is 9.59 Å². The summed E-state index contributed by atoms with van der Waals surface area (Å²) < 4.78 is 19.8. The zero-order valence-corrected chi connectivity index (χ0v) is 16.3. The summed E-state index contributed by atoms with van der Waals surface area (Å²) in [7, 11) is 0. The average Bonchev–Trinajstić information content (AvgIpc) is 3.08. The Balaban J connectivity index is 1.51. The van der Waals surface area contributed by atoms with Crippen LogP contribution in [0.25, 0.3) is 0 Å². The smallest absolute Gasteiger partial charge is 0.247 e. The highest BCUT2D eigenvalue weighted by Gasteiger charge is 2.39. The predicted molar refractivity (Wildman–Crippen MR) is 102 cm³/mol. The monoisotopic (exact) mass is 398 g/mol. The molecule has 3 aliphatic rings. The highest BCUT2D eigenvalue weighted by atomic mass is 19.1. The SMILES string of the molecule is CC1=C(CC(=O)N[C@@H]2COc3cc(C#N)cc(F)c32)C(=O)NC2CCNC(C)C12. The van der Waals surface area contributed by atoms with Crippen molar-refractivity contribution >= 4 is 11.8 Å². The number of amides is 2. The maximum Gasteiger partial charge on any atom is 0.247 e. The largest absolute Gasteiger partial charge is 0.491 e. The van der Waals surface area contributed by atoms with Gasteiger partial charge in [-0.2, -0.15) is 5.26 Å². The fourth-order valence-electron chi connectivity index (χ4n) is 4.71. The number of ether oxygens (including phenoxy) is 1. The van der Waals surface area contributed by atoms with Crippen molar-refractivity contribution in [1.29, 1.82) is 5.26 Å². The van der Waals surface area contributed by atoms with Crippen molar-refractivity contribution in [2.75, 3.05) is 13.2 Å². The first-order valence-corrected chi connectivity index (χ1v) is 9.78. The van der Waals surface area contributed by atoms with E-state index < -0.39 is 11.9 Å². The van der Waals surface area contributed by atoms with Crippen molar-refractivity contribution in [3.63, 3.8) is 0 Å². The number of hydrogen-bond acceptors (Lipinski definition) is 5. The van der Waals surface area contributed by atoms with Crippen molar-refractivity contribution < 1.29 is 18.7 Å². The molecule has 152 valence electrons. The number of carbonyl (C=O) groups excluding carboxylic acids is 2. The third kappa shape index (κ3) is 3.47. The standard InChI is InChI=1S/C21H23FN4O3/c1-10-13(21(28)26-15-3-4-24-11(2)19(10)15)7-18(27)25-16-9-29-17-6-12(8-23)5-14(22)20(16)17/h5-6,11,15-16,19,24H,3-4,7,9H2,1-2H3,(H,25,27)(H,26,28)/t11?,15?,16-,19?/m1/s1. The molecule has 3 heterocycles. The average molecular weight is 398 g/mol. The van der Waals surface area contributed by atoms with Crippen molar-refractivity contribution in [3.8, 4) is 11.8 Å². The Kier molecular flexibility index (Phi) is 5.01. The van der Waals surface area contributed by atoms with Crippen LogP contribution >= 0.6 is 0 Å². The molecule has 1 fully saturated rings. The number of nitriles is 1. The number of nitrogens with zero attached hydrogens (tertiary/aromatic N) is 1. The second kappa shape index (κ2) is 7.48. The van der Waals surface area contributed by atoms with Gasteiger partial charge in [-0.15, -0.1) is 0 Å². The molecule has 7 nitrogen and oxygen atoms in total. The summed E-state index contributed by atoms with van der Waals surface area (Å²) in [5, 5.41) is 18.2. The molecular weight excluding hydrogens is 375 g/mol.